The molecule has 0 aliphatic heterocycles. The van der Waals surface area contributed by atoms with E-state index in [0.29, 0.717) is 6.04 Å². The molecule has 2 heteroatoms. The molecule has 0 heterocycles. The van der Waals surface area contributed by atoms with Gasteiger partial charge in [0.05, 0.1) is 0 Å². The lowest BCUT2D eigenvalue weighted by atomic mass is 10.2. The third-order valence-corrected chi connectivity index (χ3v) is 3.56. The Morgan fingerprint density at radius 3 is 2.58 bits per heavy atom. The molecule has 0 spiro atoms. The Kier molecular flexibility index (Phi) is 2.38. The summed E-state index contributed by atoms with van der Waals surface area (Å²) < 4.78 is 0. The minimum Gasteiger partial charge on any atom is -0.327 e. The van der Waals surface area contributed by atoms with E-state index >= 15 is 0 Å². The molecule has 0 radical (unpaired) electrons. The Balaban J connectivity index is 1.80. The molecule has 1 fully saturated rings. The monoisotopic (exact) mass is 179 g/mol. The quantitative estimate of drug-likeness (QED) is 0.768. The van der Waals surface area contributed by atoms with Gasteiger partial charge in [0.15, 0.2) is 0 Å². The standard InChI is InChI=1S/C10H13NS/c11-9-6-10(9)12-7-8-4-2-1-3-5-8/h1-5,9-10H,6-7,11H2. The number of nitrogens with two attached hydrogens (primary N) is 1. The van der Waals surface area contributed by atoms with E-state index < -0.39 is 0 Å². The van der Waals surface area contributed by atoms with Gasteiger partial charge in [-0.2, -0.15) is 11.8 Å². The van der Waals surface area contributed by atoms with Crippen LogP contribution in [0.3, 0.4) is 0 Å². The molecule has 0 saturated heterocycles. The molecule has 0 amide bonds. The zero-order chi connectivity index (χ0) is 8.39. The molecule has 1 aliphatic rings. The van der Waals surface area contributed by atoms with Gasteiger partial charge in [-0.25, -0.2) is 0 Å². The van der Waals surface area contributed by atoms with Crippen molar-refractivity contribution in [2.75, 3.05) is 0 Å². The van der Waals surface area contributed by atoms with Gasteiger partial charge in [-0.15, -0.1) is 0 Å². The van der Waals surface area contributed by atoms with Crippen LogP contribution in [0.4, 0.5) is 0 Å². The number of rotatable bonds is 3. The van der Waals surface area contributed by atoms with Crippen LogP contribution in [-0.4, -0.2) is 11.3 Å². The first-order chi connectivity index (χ1) is 5.86. The fourth-order valence-corrected chi connectivity index (χ4v) is 2.36. The van der Waals surface area contributed by atoms with Crippen molar-refractivity contribution in [1.29, 1.82) is 0 Å². The first-order valence-corrected chi connectivity index (χ1v) is 5.32. The molecule has 1 aromatic rings. The molecule has 0 bridgehead atoms. The fourth-order valence-electron chi connectivity index (χ4n) is 1.16. The SMILES string of the molecule is NC1CC1SCc1ccccc1. The predicted molar refractivity (Wildman–Crippen MR) is 54.1 cm³/mol. The molecule has 1 aliphatic carbocycles. The number of benzene rings is 1. The summed E-state index contributed by atoms with van der Waals surface area (Å²) in [5.41, 5.74) is 7.11. The molecule has 2 rings (SSSR count). The Morgan fingerprint density at radius 1 is 1.33 bits per heavy atom. The highest BCUT2D eigenvalue weighted by molar-refractivity contribution is 7.99. The average Bonchev–Trinajstić information content (AvgIpc) is 2.81. The van der Waals surface area contributed by atoms with Crippen LogP contribution >= 0.6 is 11.8 Å². The maximum atomic E-state index is 5.71. The molecular weight excluding hydrogens is 166 g/mol. The van der Waals surface area contributed by atoms with Crippen molar-refractivity contribution in [3.8, 4) is 0 Å². The topological polar surface area (TPSA) is 26.0 Å². The van der Waals surface area contributed by atoms with E-state index in [2.05, 4.69) is 30.3 Å². The minimum absolute atomic E-state index is 0.471. The highest BCUT2D eigenvalue weighted by Gasteiger charge is 2.33. The zero-order valence-corrected chi connectivity index (χ0v) is 7.76. The third-order valence-electron chi connectivity index (χ3n) is 2.09. The van der Waals surface area contributed by atoms with Crippen molar-refractivity contribution in [2.45, 2.75) is 23.5 Å². The van der Waals surface area contributed by atoms with Crippen LogP contribution in [0.1, 0.15) is 12.0 Å². The van der Waals surface area contributed by atoms with E-state index in [-0.39, 0.29) is 0 Å². The lowest BCUT2D eigenvalue weighted by Gasteiger charge is -1.98. The summed E-state index contributed by atoms with van der Waals surface area (Å²) in [5, 5.41) is 0.727. The molecule has 1 saturated carbocycles. The second kappa shape index (κ2) is 3.50. The molecule has 2 unspecified atom stereocenters. The van der Waals surface area contributed by atoms with Gasteiger partial charge in [-0.1, -0.05) is 30.3 Å². The van der Waals surface area contributed by atoms with E-state index in [4.69, 9.17) is 5.73 Å². The Labute approximate surface area is 77.3 Å². The summed E-state index contributed by atoms with van der Waals surface area (Å²) in [6, 6.07) is 11.0. The molecule has 0 aromatic heterocycles. The van der Waals surface area contributed by atoms with Crippen molar-refractivity contribution in [3.63, 3.8) is 0 Å². The van der Waals surface area contributed by atoms with Gasteiger partial charge in [0.2, 0.25) is 0 Å². The molecule has 64 valence electrons. The molecular formula is C10H13NS. The Bertz CT molecular complexity index is 247. The van der Waals surface area contributed by atoms with Gasteiger partial charge in [0, 0.05) is 17.0 Å². The lowest BCUT2D eigenvalue weighted by Crippen LogP contribution is -2.02. The van der Waals surface area contributed by atoms with Gasteiger partial charge in [-0.05, 0) is 12.0 Å². The van der Waals surface area contributed by atoms with Crippen LogP contribution < -0.4 is 5.73 Å². The van der Waals surface area contributed by atoms with E-state index in [1.807, 2.05) is 11.8 Å². The summed E-state index contributed by atoms with van der Waals surface area (Å²) in [6.07, 6.45) is 1.21. The maximum Gasteiger partial charge on any atom is 0.0217 e. The van der Waals surface area contributed by atoms with E-state index in [1.54, 1.807) is 0 Å². The van der Waals surface area contributed by atoms with Crippen LogP contribution in [0.25, 0.3) is 0 Å². The van der Waals surface area contributed by atoms with Crippen molar-refractivity contribution in [1.82, 2.24) is 0 Å². The lowest BCUT2D eigenvalue weighted by molar-refractivity contribution is 1.07. The minimum atomic E-state index is 0.471. The van der Waals surface area contributed by atoms with Crippen LogP contribution in [0, 0.1) is 0 Å². The van der Waals surface area contributed by atoms with Crippen LogP contribution in [0.2, 0.25) is 0 Å². The zero-order valence-electron chi connectivity index (χ0n) is 6.94. The summed E-state index contributed by atoms with van der Waals surface area (Å²) in [6.45, 7) is 0. The highest BCUT2D eigenvalue weighted by atomic mass is 32.2. The van der Waals surface area contributed by atoms with E-state index in [9.17, 15) is 0 Å². The number of hydrogen-bond acceptors (Lipinski definition) is 2. The highest BCUT2D eigenvalue weighted by Crippen LogP contribution is 2.34. The second-order valence-corrected chi connectivity index (χ2v) is 4.46. The van der Waals surface area contributed by atoms with Gasteiger partial charge in [0.1, 0.15) is 0 Å². The van der Waals surface area contributed by atoms with Crippen LogP contribution in [0.5, 0.6) is 0 Å². The van der Waals surface area contributed by atoms with Gasteiger partial charge < -0.3 is 5.73 Å². The first kappa shape index (κ1) is 8.14. The van der Waals surface area contributed by atoms with Gasteiger partial charge in [0.25, 0.3) is 0 Å². The largest absolute Gasteiger partial charge is 0.327 e. The Morgan fingerprint density at radius 2 is 2.00 bits per heavy atom. The van der Waals surface area contributed by atoms with Crippen molar-refractivity contribution in [3.05, 3.63) is 35.9 Å². The Hall–Kier alpha value is -0.470. The number of hydrogen-bond donors (Lipinski definition) is 1. The van der Waals surface area contributed by atoms with Crippen molar-refractivity contribution < 1.29 is 0 Å². The first-order valence-electron chi connectivity index (χ1n) is 4.27. The molecule has 2 atom stereocenters. The third kappa shape index (κ3) is 2.02. The molecule has 1 aromatic carbocycles. The normalized spacial score (nSPS) is 27.1. The average molecular weight is 179 g/mol. The van der Waals surface area contributed by atoms with Gasteiger partial charge >= 0.3 is 0 Å². The molecule has 12 heavy (non-hydrogen) atoms. The van der Waals surface area contributed by atoms with Crippen LogP contribution in [0.15, 0.2) is 30.3 Å². The summed E-state index contributed by atoms with van der Waals surface area (Å²) in [7, 11) is 0. The predicted octanol–water partition coefficient (Wildman–Crippen LogP) is 2.02. The number of thioether (sulfide) groups is 1. The molecule has 1 nitrogen and oxygen atoms in total. The van der Waals surface area contributed by atoms with Crippen molar-refractivity contribution >= 4 is 11.8 Å². The maximum absolute atomic E-state index is 5.71. The summed E-state index contributed by atoms with van der Waals surface area (Å²) in [5.74, 6) is 1.11. The van der Waals surface area contributed by atoms with Crippen LogP contribution in [-0.2, 0) is 5.75 Å². The fraction of sp³-hybridized carbons (Fsp3) is 0.400. The molecule has 2 N–H and O–H groups in total. The van der Waals surface area contributed by atoms with E-state index in [0.717, 1.165) is 11.0 Å². The van der Waals surface area contributed by atoms with E-state index in [1.165, 1.54) is 12.0 Å². The smallest absolute Gasteiger partial charge is 0.0217 e. The second-order valence-electron chi connectivity index (χ2n) is 3.23. The van der Waals surface area contributed by atoms with Crippen molar-refractivity contribution in [2.24, 2.45) is 5.73 Å². The summed E-state index contributed by atoms with van der Waals surface area (Å²) >= 11 is 1.98. The van der Waals surface area contributed by atoms with Gasteiger partial charge in [-0.3, -0.25) is 0 Å². The summed E-state index contributed by atoms with van der Waals surface area (Å²) in [4.78, 5) is 0.